The third-order valence-electron chi connectivity index (χ3n) is 5.02. The van der Waals surface area contributed by atoms with Crippen molar-refractivity contribution in [3.8, 4) is 0 Å². The van der Waals surface area contributed by atoms with E-state index in [4.69, 9.17) is 4.74 Å². The van der Waals surface area contributed by atoms with Crippen LogP contribution in [0.2, 0.25) is 0 Å². The molecule has 2 saturated carbocycles. The van der Waals surface area contributed by atoms with Gasteiger partial charge >= 0.3 is 5.97 Å². The Hall–Kier alpha value is -1.42. The smallest absolute Gasteiger partial charge is 0.334 e. The summed E-state index contributed by atoms with van der Waals surface area (Å²) >= 11 is 0. The molecule has 0 unspecified atom stereocenters. The number of aliphatic hydroxyl groups excluding tert-OH is 1. The van der Waals surface area contributed by atoms with Crippen molar-refractivity contribution < 1.29 is 19.4 Å². The molecule has 1 heterocycles. The number of esters is 1. The molecule has 0 amide bonds. The van der Waals surface area contributed by atoms with Gasteiger partial charge in [0, 0.05) is 23.8 Å². The Balaban J connectivity index is 2.05. The molecule has 2 aliphatic carbocycles. The van der Waals surface area contributed by atoms with Crippen LogP contribution in [-0.4, -0.2) is 29.1 Å². The van der Waals surface area contributed by atoms with Crippen molar-refractivity contribution in [2.24, 2.45) is 23.7 Å². The first-order valence-electron chi connectivity index (χ1n) is 6.70. The maximum atomic E-state index is 12.0. The number of Topliss-reactive ketones (excluding diaryl/α,β-unsaturated/α-hetero) is 1. The van der Waals surface area contributed by atoms with Gasteiger partial charge in [-0.3, -0.25) is 4.79 Å². The molecule has 4 heteroatoms. The largest absolute Gasteiger partial charge is 0.458 e. The van der Waals surface area contributed by atoms with E-state index in [1.54, 1.807) is 0 Å². The van der Waals surface area contributed by atoms with Gasteiger partial charge in [-0.05, 0) is 12.3 Å². The molecule has 19 heavy (non-hydrogen) atoms. The van der Waals surface area contributed by atoms with Crippen LogP contribution in [0.4, 0.5) is 0 Å². The third kappa shape index (κ3) is 1.62. The molecular weight excluding hydrogens is 244 g/mol. The highest BCUT2D eigenvalue weighted by atomic mass is 16.6. The Kier molecular flexibility index (Phi) is 2.68. The van der Waals surface area contributed by atoms with E-state index in [2.05, 4.69) is 13.2 Å². The number of hydrogen-bond acceptors (Lipinski definition) is 4. The molecule has 0 radical (unpaired) electrons. The van der Waals surface area contributed by atoms with Crippen LogP contribution in [0.25, 0.3) is 0 Å². The lowest BCUT2D eigenvalue weighted by Gasteiger charge is -2.28. The van der Waals surface area contributed by atoms with Gasteiger partial charge in [0.25, 0.3) is 0 Å². The molecule has 1 saturated heterocycles. The van der Waals surface area contributed by atoms with Crippen molar-refractivity contribution in [1.29, 1.82) is 0 Å². The van der Waals surface area contributed by atoms with Crippen LogP contribution >= 0.6 is 0 Å². The molecule has 0 spiro atoms. The molecule has 4 nitrogen and oxygen atoms in total. The van der Waals surface area contributed by atoms with Gasteiger partial charge in [-0.1, -0.05) is 25.7 Å². The molecule has 1 aliphatic heterocycles. The number of carbonyl (C=O) groups excluding carboxylic acids is 2. The summed E-state index contributed by atoms with van der Waals surface area (Å²) in [7, 11) is 0. The van der Waals surface area contributed by atoms with Gasteiger partial charge in [0.2, 0.25) is 0 Å². The Morgan fingerprint density at radius 2 is 1.95 bits per heavy atom. The Morgan fingerprint density at radius 1 is 1.26 bits per heavy atom. The molecule has 3 fully saturated rings. The second-order valence-corrected chi connectivity index (χ2v) is 5.99. The zero-order valence-corrected chi connectivity index (χ0v) is 11.0. The van der Waals surface area contributed by atoms with Gasteiger partial charge < -0.3 is 9.84 Å². The van der Waals surface area contributed by atoms with Gasteiger partial charge in [-0.15, -0.1) is 0 Å². The summed E-state index contributed by atoms with van der Waals surface area (Å²) in [5, 5.41) is 10.3. The van der Waals surface area contributed by atoms with Gasteiger partial charge in [0.05, 0.1) is 12.0 Å². The number of hydrogen-bond donors (Lipinski definition) is 1. The highest BCUT2D eigenvalue weighted by Gasteiger charge is 2.56. The lowest BCUT2D eigenvalue weighted by Crippen LogP contribution is -2.35. The maximum Gasteiger partial charge on any atom is 0.334 e. The molecule has 3 aliphatic rings. The molecule has 6 atom stereocenters. The van der Waals surface area contributed by atoms with E-state index in [9.17, 15) is 14.7 Å². The second kappa shape index (κ2) is 4.04. The van der Waals surface area contributed by atoms with E-state index < -0.39 is 24.1 Å². The summed E-state index contributed by atoms with van der Waals surface area (Å²) in [6.45, 7) is 9.65. The van der Waals surface area contributed by atoms with Crippen LogP contribution in [0.5, 0.6) is 0 Å². The molecule has 0 aromatic heterocycles. The van der Waals surface area contributed by atoms with Crippen molar-refractivity contribution in [1.82, 2.24) is 0 Å². The Morgan fingerprint density at radius 3 is 2.63 bits per heavy atom. The number of carbonyl (C=O) groups is 2. The highest BCUT2D eigenvalue weighted by Crippen LogP contribution is 2.51. The normalized spacial score (nSPS) is 45.8. The van der Waals surface area contributed by atoms with E-state index in [0.29, 0.717) is 18.4 Å². The fourth-order valence-electron chi connectivity index (χ4n) is 3.95. The van der Waals surface area contributed by atoms with Crippen LogP contribution in [0.3, 0.4) is 0 Å². The maximum absolute atomic E-state index is 12.0. The quantitative estimate of drug-likeness (QED) is 0.405. The van der Waals surface area contributed by atoms with E-state index in [-0.39, 0.29) is 23.5 Å². The van der Waals surface area contributed by atoms with E-state index in [1.165, 1.54) is 0 Å². The van der Waals surface area contributed by atoms with Crippen LogP contribution in [0.1, 0.15) is 19.8 Å². The third-order valence-corrected chi connectivity index (χ3v) is 5.02. The average Bonchev–Trinajstić information content (AvgIpc) is 2.75. The average molecular weight is 262 g/mol. The van der Waals surface area contributed by atoms with Gasteiger partial charge in [-0.2, -0.15) is 0 Å². The molecule has 3 rings (SSSR count). The number of ether oxygens (including phenoxy) is 1. The first kappa shape index (κ1) is 12.6. The molecule has 102 valence electrons. The van der Waals surface area contributed by atoms with Crippen LogP contribution < -0.4 is 0 Å². The predicted octanol–water partition coefficient (Wildman–Crippen LogP) is 1.25. The van der Waals surface area contributed by atoms with Crippen molar-refractivity contribution in [3.63, 3.8) is 0 Å². The summed E-state index contributed by atoms with van der Waals surface area (Å²) in [6.07, 6.45) is -0.257. The van der Waals surface area contributed by atoms with Crippen molar-refractivity contribution in [2.45, 2.75) is 32.0 Å². The molecule has 0 aromatic rings. The van der Waals surface area contributed by atoms with Crippen LogP contribution in [0.15, 0.2) is 24.3 Å². The topological polar surface area (TPSA) is 63.6 Å². The first-order chi connectivity index (χ1) is 8.91. The number of ketones is 1. The number of fused-ring (bicyclic) bond motifs is 3. The van der Waals surface area contributed by atoms with E-state index in [1.807, 2.05) is 6.92 Å². The number of aliphatic hydroxyl groups is 1. The molecule has 0 bridgehead atoms. The first-order valence-corrected chi connectivity index (χ1v) is 6.70. The molecule has 1 N–H and O–H groups in total. The molecule has 0 aromatic carbocycles. The Bertz CT molecular complexity index is 492. The SMILES string of the molecule is C=C1C(=O)O[C@H]2[C@H]1[C@H](O)CC(=C)[C@@H]1CC(=O)[C@H](C)[C@H]21. The van der Waals surface area contributed by atoms with E-state index >= 15 is 0 Å². The van der Waals surface area contributed by atoms with Gasteiger partial charge in [-0.25, -0.2) is 4.79 Å². The fourth-order valence-corrected chi connectivity index (χ4v) is 3.95. The Labute approximate surface area is 112 Å². The minimum absolute atomic E-state index is 0.0193. The standard InChI is InChI=1S/C15H18O4/c1-6-4-11(17)13-8(3)15(18)19-14(13)12-7(2)10(16)5-9(6)12/h7,9,11-14,17H,1,3-5H2,2H3/t7-,9-,11+,12-,13+,14+/m0/s1. The summed E-state index contributed by atoms with van der Waals surface area (Å²) < 4.78 is 5.42. The summed E-state index contributed by atoms with van der Waals surface area (Å²) in [6, 6.07) is 0. The van der Waals surface area contributed by atoms with Crippen molar-refractivity contribution in [2.75, 3.05) is 0 Å². The fraction of sp³-hybridized carbons (Fsp3) is 0.600. The number of rotatable bonds is 0. The minimum Gasteiger partial charge on any atom is -0.458 e. The van der Waals surface area contributed by atoms with Gasteiger partial charge in [0.1, 0.15) is 11.9 Å². The minimum atomic E-state index is -0.690. The highest BCUT2D eigenvalue weighted by molar-refractivity contribution is 5.91. The lowest BCUT2D eigenvalue weighted by atomic mass is 9.79. The van der Waals surface area contributed by atoms with Crippen molar-refractivity contribution >= 4 is 11.8 Å². The van der Waals surface area contributed by atoms with Crippen LogP contribution in [0, 0.1) is 23.7 Å². The summed E-state index contributed by atoms with van der Waals surface area (Å²) in [5.41, 5.74) is 1.23. The lowest BCUT2D eigenvalue weighted by molar-refractivity contribution is -0.143. The van der Waals surface area contributed by atoms with E-state index in [0.717, 1.165) is 5.57 Å². The summed E-state index contributed by atoms with van der Waals surface area (Å²) in [4.78, 5) is 23.7. The van der Waals surface area contributed by atoms with Crippen LogP contribution in [-0.2, 0) is 14.3 Å². The van der Waals surface area contributed by atoms with Gasteiger partial charge in [0.15, 0.2) is 0 Å². The van der Waals surface area contributed by atoms with Crippen molar-refractivity contribution in [3.05, 3.63) is 24.3 Å². The summed E-state index contributed by atoms with van der Waals surface area (Å²) in [5.74, 6) is -0.839. The zero-order valence-electron chi connectivity index (χ0n) is 11.0. The molecular formula is C15H18O4. The predicted molar refractivity (Wildman–Crippen MR) is 68.0 cm³/mol. The zero-order chi connectivity index (χ0) is 13.9. The second-order valence-electron chi connectivity index (χ2n) is 5.99. The monoisotopic (exact) mass is 262 g/mol.